The molecule has 0 radical (unpaired) electrons. The van der Waals surface area contributed by atoms with E-state index in [9.17, 15) is 4.79 Å². The van der Waals surface area contributed by atoms with Crippen LogP contribution in [0.4, 0.5) is 0 Å². The molecule has 0 unspecified atom stereocenters. The van der Waals surface area contributed by atoms with Gasteiger partial charge in [-0.1, -0.05) is 0 Å². The highest BCUT2D eigenvalue weighted by molar-refractivity contribution is 5.89. The van der Waals surface area contributed by atoms with Crippen LogP contribution in [-0.2, 0) is 11.3 Å². The molecule has 15 heavy (non-hydrogen) atoms. The normalized spacial score (nSPS) is 10.5. The summed E-state index contributed by atoms with van der Waals surface area (Å²) in [5, 5.41) is 0. The van der Waals surface area contributed by atoms with Crippen LogP contribution in [0, 0.1) is 0 Å². The van der Waals surface area contributed by atoms with E-state index in [1.165, 1.54) is 7.11 Å². The zero-order valence-corrected chi connectivity index (χ0v) is 8.60. The Balaban J connectivity index is 2.69. The van der Waals surface area contributed by atoms with Gasteiger partial charge in [0.05, 0.1) is 7.11 Å². The van der Waals surface area contributed by atoms with Crippen LogP contribution in [0.1, 0.15) is 17.5 Å². The largest absolute Gasteiger partial charge is 0.463 e. The molecule has 2 aromatic rings. The van der Waals surface area contributed by atoms with Gasteiger partial charge in [0.2, 0.25) is 5.82 Å². The topological polar surface area (TPSA) is 57.0 Å². The Kier molecular flexibility index (Phi) is 2.37. The number of fused-ring (bicyclic) bond motifs is 1. The molecule has 0 atom stereocenters. The van der Waals surface area contributed by atoms with Crippen molar-refractivity contribution in [1.29, 1.82) is 0 Å². The first kappa shape index (κ1) is 9.64. The van der Waals surface area contributed by atoms with Gasteiger partial charge >= 0.3 is 5.97 Å². The van der Waals surface area contributed by atoms with Crippen LogP contribution < -0.4 is 0 Å². The van der Waals surface area contributed by atoms with Crippen LogP contribution >= 0.6 is 0 Å². The fourth-order valence-electron chi connectivity index (χ4n) is 1.51. The molecule has 78 valence electrons. The second-order valence-corrected chi connectivity index (χ2v) is 3.02. The Morgan fingerprint density at radius 3 is 3.07 bits per heavy atom. The first-order chi connectivity index (χ1) is 7.27. The lowest BCUT2D eigenvalue weighted by atomic mass is 10.4. The van der Waals surface area contributed by atoms with E-state index in [2.05, 4.69) is 14.7 Å². The van der Waals surface area contributed by atoms with Crippen LogP contribution in [-0.4, -0.2) is 27.6 Å². The van der Waals surface area contributed by atoms with Crippen LogP contribution in [0.15, 0.2) is 18.3 Å². The maximum absolute atomic E-state index is 11.4. The minimum atomic E-state index is -0.435. The van der Waals surface area contributed by atoms with Gasteiger partial charge in [0, 0.05) is 12.7 Å². The Hall–Kier alpha value is -1.91. The van der Waals surface area contributed by atoms with Crippen molar-refractivity contribution in [2.75, 3.05) is 7.11 Å². The summed E-state index contributed by atoms with van der Waals surface area (Å²) in [6, 6.07) is 3.61. The molecule has 0 bridgehead atoms. The van der Waals surface area contributed by atoms with Crippen molar-refractivity contribution < 1.29 is 9.53 Å². The number of rotatable bonds is 2. The third kappa shape index (κ3) is 1.45. The third-order valence-corrected chi connectivity index (χ3v) is 2.19. The minimum Gasteiger partial charge on any atom is -0.463 e. The molecule has 2 heterocycles. The lowest BCUT2D eigenvalue weighted by Crippen LogP contribution is -2.11. The summed E-state index contributed by atoms with van der Waals surface area (Å²) in [5.41, 5.74) is 1.42. The van der Waals surface area contributed by atoms with E-state index in [4.69, 9.17) is 0 Å². The van der Waals surface area contributed by atoms with Gasteiger partial charge in [-0.3, -0.25) is 0 Å². The number of carbonyl (C=O) groups excluding carboxylic acids is 1. The van der Waals surface area contributed by atoms with Crippen molar-refractivity contribution in [1.82, 2.24) is 14.5 Å². The van der Waals surface area contributed by atoms with Crippen LogP contribution in [0.3, 0.4) is 0 Å². The number of aryl methyl sites for hydroxylation is 1. The monoisotopic (exact) mass is 205 g/mol. The molecule has 0 aliphatic heterocycles. The number of methoxy groups -OCH3 is 1. The number of nitrogens with zero attached hydrogens (tertiary/aromatic N) is 3. The lowest BCUT2D eigenvalue weighted by molar-refractivity contribution is 0.0582. The zero-order chi connectivity index (χ0) is 10.8. The summed E-state index contributed by atoms with van der Waals surface area (Å²) in [5.74, 6) is -0.136. The number of esters is 1. The number of imidazole rings is 1. The summed E-state index contributed by atoms with van der Waals surface area (Å²) >= 11 is 0. The van der Waals surface area contributed by atoms with Gasteiger partial charge in [-0.25, -0.2) is 14.8 Å². The lowest BCUT2D eigenvalue weighted by Gasteiger charge is -2.02. The standard InChI is InChI=1S/C10H11N3O2/c1-3-13-8-7(5-4-6-11-8)12-9(13)10(14)15-2/h4-6H,3H2,1-2H3. The van der Waals surface area contributed by atoms with E-state index < -0.39 is 5.97 Å². The molecule has 0 aliphatic rings. The number of hydrogen-bond acceptors (Lipinski definition) is 4. The zero-order valence-electron chi connectivity index (χ0n) is 8.60. The van der Waals surface area contributed by atoms with Gasteiger partial charge in [0.1, 0.15) is 5.52 Å². The fourth-order valence-corrected chi connectivity index (χ4v) is 1.51. The predicted molar refractivity (Wildman–Crippen MR) is 54.5 cm³/mol. The van der Waals surface area contributed by atoms with Gasteiger partial charge in [0.15, 0.2) is 5.65 Å². The van der Waals surface area contributed by atoms with Crippen molar-refractivity contribution in [3.63, 3.8) is 0 Å². The summed E-state index contributed by atoms with van der Waals surface area (Å²) in [4.78, 5) is 19.8. The first-order valence-electron chi connectivity index (χ1n) is 4.67. The highest BCUT2D eigenvalue weighted by atomic mass is 16.5. The molecule has 0 N–H and O–H groups in total. The Bertz CT molecular complexity index is 504. The summed E-state index contributed by atoms with van der Waals surface area (Å²) in [6.07, 6.45) is 1.68. The SMILES string of the molecule is CCn1c(C(=O)OC)nc2cccnc21. The molecule has 0 amide bonds. The first-order valence-corrected chi connectivity index (χ1v) is 4.67. The highest BCUT2D eigenvalue weighted by Crippen LogP contribution is 2.13. The maximum Gasteiger partial charge on any atom is 0.374 e. The summed E-state index contributed by atoms with van der Waals surface area (Å²) < 4.78 is 6.40. The Morgan fingerprint density at radius 2 is 2.40 bits per heavy atom. The fraction of sp³-hybridized carbons (Fsp3) is 0.300. The molecule has 2 aromatic heterocycles. The van der Waals surface area contributed by atoms with Gasteiger partial charge in [-0.05, 0) is 19.1 Å². The quantitative estimate of drug-likeness (QED) is 0.692. The Morgan fingerprint density at radius 1 is 1.60 bits per heavy atom. The number of ether oxygens (including phenoxy) is 1. The highest BCUT2D eigenvalue weighted by Gasteiger charge is 2.17. The van der Waals surface area contributed by atoms with Crippen molar-refractivity contribution in [3.8, 4) is 0 Å². The molecule has 0 aromatic carbocycles. The molecule has 0 fully saturated rings. The average Bonchev–Trinajstić information content (AvgIpc) is 2.66. The molecule has 5 heteroatoms. The van der Waals surface area contributed by atoms with Crippen molar-refractivity contribution in [2.45, 2.75) is 13.5 Å². The van der Waals surface area contributed by atoms with Crippen LogP contribution in [0.25, 0.3) is 11.2 Å². The summed E-state index contributed by atoms with van der Waals surface area (Å²) in [6.45, 7) is 2.57. The van der Waals surface area contributed by atoms with Crippen molar-refractivity contribution in [3.05, 3.63) is 24.2 Å². The van der Waals surface area contributed by atoms with Crippen molar-refractivity contribution in [2.24, 2.45) is 0 Å². The number of carbonyl (C=O) groups is 1. The number of hydrogen-bond donors (Lipinski definition) is 0. The Labute approximate surface area is 86.7 Å². The molecule has 0 saturated heterocycles. The second-order valence-electron chi connectivity index (χ2n) is 3.02. The maximum atomic E-state index is 11.4. The number of pyridine rings is 1. The van der Waals surface area contributed by atoms with Crippen LogP contribution in [0.5, 0.6) is 0 Å². The van der Waals surface area contributed by atoms with E-state index in [1.807, 2.05) is 13.0 Å². The van der Waals surface area contributed by atoms with E-state index in [0.29, 0.717) is 23.5 Å². The molecule has 0 aliphatic carbocycles. The van der Waals surface area contributed by atoms with E-state index in [1.54, 1.807) is 16.8 Å². The average molecular weight is 205 g/mol. The molecular formula is C10H11N3O2. The smallest absolute Gasteiger partial charge is 0.374 e. The molecule has 0 spiro atoms. The van der Waals surface area contributed by atoms with Gasteiger partial charge in [-0.15, -0.1) is 0 Å². The minimum absolute atomic E-state index is 0.300. The predicted octanol–water partition coefficient (Wildman–Crippen LogP) is 1.24. The van der Waals surface area contributed by atoms with E-state index in [-0.39, 0.29) is 0 Å². The molecular weight excluding hydrogens is 194 g/mol. The van der Waals surface area contributed by atoms with Gasteiger partial charge < -0.3 is 9.30 Å². The second kappa shape index (κ2) is 3.68. The molecule has 2 rings (SSSR count). The van der Waals surface area contributed by atoms with E-state index in [0.717, 1.165) is 0 Å². The summed E-state index contributed by atoms with van der Waals surface area (Å²) in [7, 11) is 1.34. The van der Waals surface area contributed by atoms with Crippen LogP contribution in [0.2, 0.25) is 0 Å². The molecule has 0 saturated carbocycles. The van der Waals surface area contributed by atoms with Gasteiger partial charge in [-0.2, -0.15) is 0 Å². The third-order valence-electron chi connectivity index (χ3n) is 2.19. The van der Waals surface area contributed by atoms with Crippen molar-refractivity contribution >= 4 is 17.1 Å². The number of aromatic nitrogens is 3. The van der Waals surface area contributed by atoms with E-state index >= 15 is 0 Å². The van der Waals surface area contributed by atoms with Gasteiger partial charge in [0.25, 0.3) is 0 Å². The molecule has 5 nitrogen and oxygen atoms in total.